The Hall–Kier alpha value is -0.120. The largest absolute Gasteiger partial charge is 0.296 e. The van der Waals surface area contributed by atoms with E-state index in [2.05, 4.69) is 24.2 Å². The highest BCUT2D eigenvalue weighted by Crippen LogP contribution is 2.36. The van der Waals surface area contributed by atoms with Gasteiger partial charge in [0.15, 0.2) is 0 Å². The number of nitrogens with zero attached hydrogens (tertiary/aromatic N) is 1. The van der Waals surface area contributed by atoms with Gasteiger partial charge in [0.1, 0.15) is 0 Å². The quantitative estimate of drug-likeness (QED) is 0.594. The third-order valence-electron chi connectivity index (χ3n) is 5.77. The van der Waals surface area contributed by atoms with Crippen molar-refractivity contribution in [2.45, 2.75) is 83.2 Å². The van der Waals surface area contributed by atoms with Gasteiger partial charge < -0.3 is 0 Å². The summed E-state index contributed by atoms with van der Waals surface area (Å²) in [6, 6.07) is 0.455. The first kappa shape index (κ1) is 15.3. The van der Waals surface area contributed by atoms with Gasteiger partial charge in [-0.25, -0.2) is 0 Å². The number of hydrogen-bond donors (Lipinski definition) is 2. The fraction of sp³-hybridized carbons (Fsp3) is 1.00. The van der Waals surface area contributed by atoms with Crippen LogP contribution in [0.4, 0.5) is 0 Å². The fourth-order valence-corrected chi connectivity index (χ4v) is 4.34. The van der Waals surface area contributed by atoms with Crippen LogP contribution >= 0.6 is 0 Å². The first-order chi connectivity index (χ1) is 9.22. The summed E-state index contributed by atoms with van der Waals surface area (Å²) in [6.07, 6.45) is 12.2. The minimum absolute atomic E-state index is 0.233. The number of hydrazine groups is 1. The Morgan fingerprint density at radius 2 is 1.68 bits per heavy atom. The number of likely N-dealkylation sites (tertiary alicyclic amines) is 1. The molecule has 1 heterocycles. The van der Waals surface area contributed by atoms with Crippen LogP contribution in [-0.2, 0) is 0 Å². The molecular weight excluding hydrogens is 234 g/mol. The zero-order valence-corrected chi connectivity index (χ0v) is 13.0. The molecule has 2 fully saturated rings. The molecule has 0 amide bonds. The third kappa shape index (κ3) is 3.32. The molecule has 0 bridgehead atoms. The Morgan fingerprint density at radius 3 is 2.21 bits per heavy atom. The highest BCUT2D eigenvalue weighted by molar-refractivity contribution is 5.00. The second-order valence-corrected chi connectivity index (χ2v) is 6.80. The van der Waals surface area contributed by atoms with Crippen molar-refractivity contribution in [1.82, 2.24) is 10.3 Å². The molecule has 1 aliphatic heterocycles. The molecule has 0 aromatic heterocycles. The topological polar surface area (TPSA) is 41.3 Å². The van der Waals surface area contributed by atoms with Crippen molar-refractivity contribution in [3.8, 4) is 0 Å². The summed E-state index contributed by atoms with van der Waals surface area (Å²) in [6.45, 7) is 7.30. The van der Waals surface area contributed by atoms with E-state index in [0.29, 0.717) is 6.04 Å². The summed E-state index contributed by atoms with van der Waals surface area (Å²) < 4.78 is 0. The smallest absolute Gasteiger partial charge is 0.0420 e. The lowest BCUT2D eigenvalue weighted by atomic mass is 9.73. The molecule has 2 atom stereocenters. The Labute approximate surface area is 119 Å². The van der Waals surface area contributed by atoms with E-state index in [-0.39, 0.29) is 5.54 Å². The van der Waals surface area contributed by atoms with Crippen LogP contribution in [0.3, 0.4) is 0 Å². The van der Waals surface area contributed by atoms with Crippen molar-refractivity contribution in [1.29, 1.82) is 0 Å². The molecule has 1 saturated carbocycles. The molecule has 112 valence electrons. The highest BCUT2D eigenvalue weighted by atomic mass is 15.3. The number of nitrogens with one attached hydrogen (secondary N) is 1. The van der Waals surface area contributed by atoms with Crippen LogP contribution in [0, 0.1) is 5.92 Å². The van der Waals surface area contributed by atoms with Gasteiger partial charge in [0.05, 0.1) is 0 Å². The zero-order chi connectivity index (χ0) is 13.7. The van der Waals surface area contributed by atoms with Crippen LogP contribution in [0.2, 0.25) is 0 Å². The number of piperidine rings is 1. The van der Waals surface area contributed by atoms with Crippen molar-refractivity contribution in [2.75, 3.05) is 13.1 Å². The lowest BCUT2D eigenvalue weighted by Gasteiger charge is -2.50. The minimum Gasteiger partial charge on any atom is -0.296 e. The van der Waals surface area contributed by atoms with E-state index < -0.39 is 0 Å². The Morgan fingerprint density at radius 1 is 1.11 bits per heavy atom. The van der Waals surface area contributed by atoms with Gasteiger partial charge in [0.2, 0.25) is 0 Å². The van der Waals surface area contributed by atoms with Crippen LogP contribution in [0.15, 0.2) is 0 Å². The van der Waals surface area contributed by atoms with Gasteiger partial charge in [-0.05, 0) is 58.0 Å². The standard InChI is InChI=1S/C16H33N3/c1-3-16(2,19-12-8-5-9-13-19)15(18-17)14-10-6-4-7-11-14/h14-15,18H,3-13,17H2,1-2H3. The highest BCUT2D eigenvalue weighted by Gasteiger charge is 2.42. The molecule has 0 radical (unpaired) electrons. The number of nitrogens with two attached hydrogens (primary N) is 1. The maximum Gasteiger partial charge on any atom is 0.0420 e. The van der Waals surface area contributed by atoms with Crippen molar-refractivity contribution in [3.63, 3.8) is 0 Å². The van der Waals surface area contributed by atoms with E-state index in [1.165, 1.54) is 70.9 Å². The predicted molar refractivity (Wildman–Crippen MR) is 81.8 cm³/mol. The monoisotopic (exact) mass is 267 g/mol. The van der Waals surface area contributed by atoms with Crippen molar-refractivity contribution in [2.24, 2.45) is 11.8 Å². The first-order valence-corrected chi connectivity index (χ1v) is 8.43. The molecule has 2 unspecified atom stereocenters. The second kappa shape index (κ2) is 7.05. The van der Waals surface area contributed by atoms with E-state index in [1.54, 1.807) is 0 Å². The van der Waals surface area contributed by atoms with Crippen molar-refractivity contribution >= 4 is 0 Å². The van der Waals surface area contributed by atoms with Crippen LogP contribution in [-0.4, -0.2) is 29.6 Å². The molecule has 0 aromatic rings. The van der Waals surface area contributed by atoms with Gasteiger partial charge in [-0.15, -0.1) is 0 Å². The number of rotatable bonds is 5. The van der Waals surface area contributed by atoms with E-state index in [0.717, 1.165) is 5.92 Å². The van der Waals surface area contributed by atoms with Crippen LogP contribution in [0.1, 0.15) is 71.6 Å². The predicted octanol–water partition coefficient (Wildman–Crippen LogP) is 3.05. The van der Waals surface area contributed by atoms with Gasteiger partial charge in [0.25, 0.3) is 0 Å². The van der Waals surface area contributed by atoms with Crippen molar-refractivity contribution in [3.05, 3.63) is 0 Å². The third-order valence-corrected chi connectivity index (χ3v) is 5.77. The van der Waals surface area contributed by atoms with E-state index in [9.17, 15) is 0 Å². The Kier molecular flexibility index (Phi) is 5.67. The van der Waals surface area contributed by atoms with Gasteiger partial charge in [0, 0.05) is 11.6 Å². The summed E-state index contributed by atoms with van der Waals surface area (Å²) in [7, 11) is 0. The molecule has 19 heavy (non-hydrogen) atoms. The molecule has 3 heteroatoms. The lowest BCUT2D eigenvalue weighted by molar-refractivity contribution is 0.0159. The average Bonchev–Trinajstić information content (AvgIpc) is 2.49. The van der Waals surface area contributed by atoms with E-state index in [1.807, 2.05) is 0 Å². The average molecular weight is 267 g/mol. The van der Waals surface area contributed by atoms with Gasteiger partial charge >= 0.3 is 0 Å². The Bertz CT molecular complexity index is 257. The molecule has 2 rings (SSSR count). The summed E-state index contributed by atoms with van der Waals surface area (Å²) in [5.74, 6) is 6.76. The first-order valence-electron chi connectivity index (χ1n) is 8.43. The van der Waals surface area contributed by atoms with Crippen molar-refractivity contribution < 1.29 is 0 Å². The van der Waals surface area contributed by atoms with E-state index >= 15 is 0 Å². The maximum atomic E-state index is 6.00. The SMILES string of the molecule is CCC(C)(C(NN)C1CCCCC1)N1CCCCC1. The summed E-state index contributed by atoms with van der Waals surface area (Å²) in [5.41, 5.74) is 3.45. The van der Waals surface area contributed by atoms with Gasteiger partial charge in [-0.2, -0.15) is 0 Å². The molecule has 2 aliphatic rings. The minimum atomic E-state index is 0.233. The molecule has 1 saturated heterocycles. The summed E-state index contributed by atoms with van der Waals surface area (Å²) >= 11 is 0. The molecule has 1 aliphatic carbocycles. The summed E-state index contributed by atoms with van der Waals surface area (Å²) in [5, 5.41) is 0. The van der Waals surface area contributed by atoms with E-state index in [4.69, 9.17) is 5.84 Å². The van der Waals surface area contributed by atoms with Crippen LogP contribution in [0.25, 0.3) is 0 Å². The normalized spacial score (nSPS) is 27.9. The van der Waals surface area contributed by atoms with Gasteiger partial charge in [-0.3, -0.25) is 16.2 Å². The van der Waals surface area contributed by atoms with Crippen LogP contribution < -0.4 is 11.3 Å². The Balaban J connectivity index is 2.10. The van der Waals surface area contributed by atoms with Gasteiger partial charge in [-0.1, -0.05) is 32.6 Å². The molecule has 0 spiro atoms. The zero-order valence-electron chi connectivity index (χ0n) is 13.0. The molecule has 0 aromatic carbocycles. The molecule has 3 nitrogen and oxygen atoms in total. The number of hydrogen-bond acceptors (Lipinski definition) is 3. The second-order valence-electron chi connectivity index (χ2n) is 6.80. The maximum absolute atomic E-state index is 6.00. The molecular formula is C16H33N3. The fourth-order valence-electron chi connectivity index (χ4n) is 4.34. The lowest BCUT2D eigenvalue weighted by Crippen LogP contribution is -2.64. The van der Waals surface area contributed by atoms with Crippen LogP contribution in [0.5, 0.6) is 0 Å². The summed E-state index contributed by atoms with van der Waals surface area (Å²) in [4.78, 5) is 2.72. The molecule has 3 N–H and O–H groups in total.